The molecule has 1 aromatic heterocycles. The maximum Gasteiger partial charge on any atom is 0.315 e. The molecule has 0 saturated heterocycles. The number of primary amides is 1. The normalized spacial score (nSPS) is 14.8. The second kappa shape index (κ2) is 2.13. The number of nitrogens with one attached hydrogen (secondary N) is 1. The van der Waals surface area contributed by atoms with E-state index in [0.29, 0.717) is 18.9 Å². The molecule has 2 rings (SSSR count). The average molecular weight is 167 g/mol. The number of carbonyl (C=O) groups excluding carboxylic acids is 1. The Bertz CT molecular complexity index is 331. The molecule has 0 saturated carbocycles. The number of carbonyl (C=O) groups is 1. The highest BCUT2D eigenvalue weighted by Gasteiger charge is 2.25. The number of hydrogen-bond donors (Lipinski definition) is 3. The third-order valence-corrected chi connectivity index (χ3v) is 1.99. The molecule has 12 heavy (non-hydrogen) atoms. The smallest absolute Gasteiger partial charge is 0.315 e. The lowest BCUT2D eigenvalue weighted by Gasteiger charge is -2.10. The number of hydrogen-bond acceptors (Lipinski definition) is 3. The maximum atomic E-state index is 10.8. The van der Waals surface area contributed by atoms with Gasteiger partial charge in [-0.2, -0.15) is 5.10 Å². The van der Waals surface area contributed by atoms with Gasteiger partial charge in [0.2, 0.25) is 0 Å². The van der Waals surface area contributed by atoms with Crippen LogP contribution in [0.2, 0.25) is 0 Å². The summed E-state index contributed by atoms with van der Waals surface area (Å²) in [6, 6.07) is -0.431. The molecule has 64 valence electrons. The van der Waals surface area contributed by atoms with Gasteiger partial charge in [0.25, 0.3) is 0 Å². The standard InChI is InChI=1S/C6H9N5O/c7-5-3-1-11(6(8)12)2-4(3)9-10-5/h1-2H2,(H2,8,12)(H3,7,9,10). The molecule has 2 heterocycles. The second-order valence-electron chi connectivity index (χ2n) is 2.76. The minimum atomic E-state index is -0.431. The van der Waals surface area contributed by atoms with E-state index in [2.05, 4.69) is 10.2 Å². The number of nitrogen functional groups attached to an aromatic ring is 1. The van der Waals surface area contributed by atoms with Crippen LogP contribution in [0.25, 0.3) is 0 Å². The van der Waals surface area contributed by atoms with Gasteiger partial charge >= 0.3 is 6.03 Å². The summed E-state index contributed by atoms with van der Waals surface area (Å²) in [7, 11) is 0. The zero-order chi connectivity index (χ0) is 8.72. The van der Waals surface area contributed by atoms with E-state index in [1.165, 1.54) is 4.90 Å². The number of urea groups is 1. The predicted octanol–water partition coefficient (Wildman–Crippen LogP) is -0.614. The Morgan fingerprint density at radius 2 is 2.33 bits per heavy atom. The summed E-state index contributed by atoms with van der Waals surface area (Å²) in [6.45, 7) is 0.946. The molecule has 0 aliphatic carbocycles. The number of nitrogens with two attached hydrogens (primary N) is 2. The van der Waals surface area contributed by atoms with Crippen LogP contribution in [0.3, 0.4) is 0 Å². The minimum absolute atomic E-state index is 0.431. The summed E-state index contributed by atoms with van der Waals surface area (Å²) < 4.78 is 0. The summed E-state index contributed by atoms with van der Waals surface area (Å²) in [4.78, 5) is 12.3. The summed E-state index contributed by atoms with van der Waals surface area (Å²) in [5, 5.41) is 6.55. The second-order valence-corrected chi connectivity index (χ2v) is 2.76. The molecule has 5 N–H and O–H groups in total. The first-order valence-corrected chi connectivity index (χ1v) is 3.54. The van der Waals surface area contributed by atoms with Gasteiger partial charge in [-0.1, -0.05) is 0 Å². The molecule has 1 aromatic rings. The van der Waals surface area contributed by atoms with E-state index in [0.717, 1.165) is 11.3 Å². The summed E-state index contributed by atoms with van der Waals surface area (Å²) >= 11 is 0. The third-order valence-electron chi connectivity index (χ3n) is 1.99. The largest absolute Gasteiger partial charge is 0.382 e. The SMILES string of the molecule is NC(=O)N1Cc2[nH]nc(N)c2C1. The van der Waals surface area contributed by atoms with E-state index in [4.69, 9.17) is 11.5 Å². The zero-order valence-corrected chi connectivity index (χ0v) is 6.37. The molecule has 0 bridgehead atoms. The minimum Gasteiger partial charge on any atom is -0.382 e. The van der Waals surface area contributed by atoms with Gasteiger partial charge in [0.15, 0.2) is 5.82 Å². The van der Waals surface area contributed by atoms with Crippen molar-refractivity contribution in [3.8, 4) is 0 Å². The van der Waals surface area contributed by atoms with E-state index in [-0.39, 0.29) is 0 Å². The van der Waals surface area contributed by atoms with Crippen molar-refractivity contribution in [2.75, 3.05) is 5.73 Å². The number of amides is 2. The molecule has 0 spiro atoms. The van der Waals surface area contributed by atoms with Gasteiger partial charge in [0.1, 0.15) is 0 Å². The van der Waals surface area contributed by atoms with Crippen molar-refractivity contribution >= 4 is 11.8 Å². The van der Waals surface area contributed by atoms with Gasteiger partial charge in [-0.05, 0) is 0 Å². The molecule has 1 aliphatic heterocycles. The number of H-pyrrole nitrogens is 1. The Morgan fingerprint density at radius 3 is 2.92 bits per heavy atom. The van der Waals surface area contributed by atoms with Crippen LogP contribution in [0.1, 0.15) is 11.3 Å². The zero-order valence-electron chi connectivity index (χ0n) is 6.37. The number of aromatic amines is 1. The van der Waals surface area contributed by atoms with Crippen LogP contribution in [-0.4, -0.2) is 21.1 Å². The van der Waals surface area contributed by atoms with Crippen molar-refractivity contribution in [3.63, 3.8) is 0 Å². The lowest BCUT2D eigenvalue weighted by Crippen LogP contribution is -2.31. The summed E-state index contributed by atoms with van der Waals surface area (Å²) in [5.74, 6) is 0.453. The van der Waals surface area contributed by atoms with Crippen LogP contribution in [0.15, 0.2) is 0 Å². The topological polar surface area (TPSA) is 101 Å². The van der Waals surface area contributed by atoms with Gasteiger partial charge in [-0.3, -0.25) is 5.10 Å². The molecule has 6 nitrogen and oxygen atoms in total. The number of anilines is 1. The Hall–Kier alpha value is -1.72. The first-order valence-electron chi connectivity index (χ1n) is 3.54. The van der Waals surface area contributed by atoms with Crippen molar-refractivity contribution in [1.82, 2.24) is 15.1 Å². The van der Waals surface area contributed by atoms with E-state index in [9.17, 15) is 4.79 Å². The molecule has 0 atom stereocenters. The van der Waals surface area contributed by atoms with E-state index in [1.54, 1.807) is 0 Å². The van der Waals surface area contributed by atoms with Crippen molar-refractivity contribution < 1.29 is 4.79 Å². The fourth-order valence-corrected chi connectivity index (χ4v) is 1.32. The monoisotopic (exact) mass is 167 g/mol. The highest BCUT2D eigenvalue weighted by atomic mass is 16.2. The van der Waals surface area contributed by atoms with E-state index >= 15 is 0 Å². The van der Waals surface area contributed by atoms with E-state index < -0.39 is 6.03 Å². The van der Waals surface area contributed by atoms with Gasteiger partial charge in [0, 0.05) is 5.56 Å². The molecule has 0 aromatic carbocycles. The van der Waals surface area contributed by atoms with Crippen molar-refractivity contribution in [2.24, 2.45) is 5.73 Å². The van der Waals surface area contributed by atoms with Gasteiger partial charge < -0.3 is 16.4 Å². The van der Waals surface area contributed by atoms with Crippen LogP contribution in [-0.2, 0) is 13.1 Å². The highest BCUT2D eigenvalue weighted by molar-refractivity contribution is 5.73. The van der Waals surface area contributed by atoms with E-state index in [1.807, 2.05) is 0 Å². The number of fused-ring (bicyclic) bond motifs is 1. The molecule has 0 fully saturated rings. The molecule has 6 heteroatoms. The highest BCUT2D eigenvalue weighted by Crippen LogP contribution is 2.24. The average Bonchev–Trinajstić information content (AvgIpc) is 2.53. The maximum absolute atomic E-state index is 10.8. The van der Waals surface area contributed by atoms with Gasteiger partial charge in [-0.25, -0.2) is 4.79 Å². The molecule has 0 unspecified atom stereocenters. The van der Waals surface area contributed by atoms with Crippen LogP contribution in [0, 0.1) is 0 Å². The Balaban J connectivity index is 2.28. The number of nitrogens with zero attached hydrogens (tertiary/aromatic N) is 2. The van der Waals surface area contributed by atoms with Gasteiger partial charge in [0.05, 0.1) is 18.8 Å². The first-order chi connectivity index (χ1) is 5.68. The van der Waals surface area contributed by atoms with Crippen molar-refractivity contribution in [3.05, 3.63) is 11.3 Å². The Labute approximate surface area is 68.5 Å². The fourth-order valence-electron chi connectivity index (χ4n) is 1.32. The Morgan fingerprint density at radius 1 is 1.58 bits per heavy atom. The van der Waals surface area contributed by atoms with Crippen LogP contribution in [0.4, 0.5) is 10.6 Å². The predicted molar refractivity (Wildman–Crippen MR) is 41.8 cm³/mol. The van der Waals surface area contributed by atoms with Crippen LogP contribution < -0.4 is 11.5 Å². The molecular formula is C6H9N5O. The number of rotatable bonds is 0. The first kappa shape index (κ1) is 6.96. The molecule has 2 amide bonds. The van der Waals surface area contributed by atoms with Crippen molar-refractivity contribution in [2.45, 2.75) is 13.1 Å². The third kappa shape index (κ3) is 0.810. The molecule has 0 radical (unpaired) electrons. The van der Waals surface area contributed by atoms with Crippen LogP contribution >= 0.6 is 0 Å². The fraction of sp³-hybridized carbons (Fsp3) is 0.333. The number of aromatic nitrogens is 2. The quantitative estimate of drug-likeness (QED) is 0.480. The summed E-state index contributed by atoms with van der Waals surface area (Å²) in [5.41, 5.74) is 12.4. The van der Waals surface area contributed by atoms with Crippen LogP contribution in [0.5, 0.6) is 0 Å². The molecule has 1 aliphatic rings. The summed E-state index contributed by atoms with van der Waals surface area (Å²) in [6.07, 6.45) is 0. The lowest BCUT2D eigenvalue weighted by atomic mass is 10.3. The lowest BCUT2D eigenvalue weighted by molar-refractivity contribution is 0.208. The molecular weight excluding hydrogens is 158 g/mol. The Kier molecular flexibility index (Phi) is 1.24. The van der Waals surface area contributed by atoms with Crippen molar-refractivity contribution in [1.29, 1.82) is 0 Å². The van der Waals surface area contributed by atoms with Gasteiger partial charge in [-0.15, -0.1) is 0 Å².